The Morgan fingerprint density at radius 2 is 2.00 bits per heavy atom. The van der Waals surface area contributed by atoms with E-state index in [1.165, 1.54) is 32.1 Å². The van der Waals surface area contributed by atoms with Gasteiger partial charge in [0.25, 0.3) is 0 Å². The normalized spacial score (nSPS) is 17.4. The van der Waals surface area contributed by atoms with Crippen molar-refractivity contribution in [3.8, 4) is 0 Å². The van der Waals surface area contributed by atoms with Gasteiger partial charge in [0.15, 0.2) is 0 Å². The zero-order valence-electron chi connectivity index (χ0n) is 9.31. The van der Waals surface area contributed by atoms with Crippen LogP contribution in [0.15, 0.2) is 22.7 Å². The molecule has 0 heterocycles. The third-order valence-corrected chi connectivity index (χ3v) is 4.47. The molecule has 1 aliphatic carbocycles. The molecule has 0 radical (unpaired) electrons. The highest BCUT2D eigenvalue weighted by Crippen LogP contribution is 2.27. The van der Waals surface area contributed by atoms with E-state index in [0.717, 1.165) is 27.6 Å². The molecule has 2 rings (SSSR count). The van der Waals surface area contributed by atoms with Crippen LogP contribution in [0, 0.1) is 5.92 Å². The van der Waals surface area contributed by atoms with Crippen LogP contribution >= 0.6 is 27.5 Å². The van der Waals surface area contributed by atoms with Crippen LogP contribution in [0.25, 0.3) is 0 Å². The van der Waals surface area contributed by atoms with Crippen LogP contribution in [-0.2, 0) is 0 Å². The van der Waals surface area contributed by atoms with Gasteiger partial charge in [-0.2, -0.15) is 0 Å². The van der Waals surface area contributed by atoms with Crippen molar-refractivity contribution in [1.82, 2.24) is 0 Å². The zero-order chi connectivity index (χ0) is 11.4. The largest absolute Gasteiger partial charge is 0.385 e. The zero-order valence-corrected chi connectivity index (χ0v) is 11.6. The average molecular weight is 303 g/mol. The van der Waals surface area contributed by atoms with E-state index in [1.54, 1.807) is 0 Å². The van der Waals surface area contributed by atoms with Gasteiger partial charge in [-0.25, -0.2) is 0 Å². The summed E-state index contributed by atoms with van der Waals surface area (Å²) in [6.07, 6.45) is 6.95. The summed E-state index contributed by atoms with van der Waals surface area (Å²) in [6.45, 7) is 1.08. The van der Waals surface area contributed by atoms with E-state index in [9.17, 15) is 0 Å². The molecule has 0 atom stereocenters. The Balaban J connectivity index is 1.86. The quantitative estimate of drug-likeness (QED) is 0.819. The van der Waals surface area contributed by atoms with E-state index in [4.69, 9.17) is 11.6 Å². The maximum absolute atomic E-state index is 6.05. The van der Waals surface area contributed by atoms with Crippen LogP contribution in [0.5, 0.6) is 0 Å². The molecule has 3 heteroatoms. The van der Waals surface area contributed by atoms with E-state index >= 15 is 0 Å². The number of nitrogens with one attached hydrogen (secondary N) is 1. The SMILES string of the molecule is Clc1cc(NCC2CCCCC2)ccc1Br. The average Bonchev–Trinajstić information content (AvgIpc) is 2.32. The first-order chi connectivity index (χ1) is 7.75. The minimum Gasteiger partial charge on any atom is -0.385 e. The van der Waals surface area contributed by atoms with Crippen molar-refractivity contribution >= 4 is 33.2 Å². The van der Waals surface area contributed by atoms with E-state index in [0.29, 0.717) is 0 Å². The van der Waals surface area contributed by atoms with Crippen LogP contribution in [0.4, 0.5) is 5.69 Å². The van der Waals surface area contributed by atoms with Gasteiger partial charge in [0.05, 0.1) is 5.02 Å². The van der Waals surface area contributed by atoms with Crippen molar-refractivity contribution in [3.63, 3.8) is 0 Å². The van der Waals surface area contributed by atoms with Gasteiger partial charge in [-0.3, -0.25) is 0 Å². The van der Waals surface area contributed by atoms with Crippen molar-refractivity contribution in [3.05, 3.63) is 27.7 Å². The molecule has 1 fully saturated rings. The summed E-state index contributed by atoms with van der Waals surface area (Å²) in [6, 6.07) is 6.04. The molecule has 1 N–H and O–H groups in total. The Labute approximate surface area is 111 Å². The fourth-order valence-corrected chi connectivity index (χ4v) is 2.69. The van der Waals surface area contributed by atoms with Crippen molar-refractivity contribution in [2.75, 3.05) is 11.9 Å². The van der Waals surface area contributed by atoms with Crippen molar-refractivity contribution in [1.29, 1.82) is 0 Å². The monoisotopic (exact) mass is 301 g/mol. The van der Waals surface area contributed by atoms with Crippen molar-refractivity contribution < 1.29 is 0 Å². The summed E-state index contributed by atoms with van der Waals surface area (Å²) < 4.78 is 0.956. The van der Waals surface area contributed by atoms with Gasteiger partial charge in [0.2, 0.25) is 0 Å². The fourth-order valence-electron chi connectivity index (χ4n) is 2.26. The van der Waals surface area contributed by atoms with Gasteiger partial charge in [0.1, 0.15) is 0 Å². The number of anilines is 1. The number of benzene rings is 1. The predicted molar refractivity (Wildman–Crippen MR) is 74.2 cm³/mol. The number of rotatable bonds is 3. The van der Waals surface area contributed by atoms with Gasteiger partial charge in [-0.05, 0) is 52.9 Å². The van der Waals surface area contributed by atoms with E-state index in [-0.39, 0.29) is 0 Å². The maximum atomic E-state index is 6.05. The summed E-state index contributed by atoms with van der Waals surface area (Å²) in [7, 11) is 0. The van der Waals surface area contributed by atoms with Crippen LogP contribution in [0.2, 0.25) is 5.02 Å². The maximum Gasteiger partial charge on any atom is 0.0568 e. The molecule has 1 nitrogen and oxygen atoms in total. The molecule has 0 aromatic heterocycles. The Morgan fingerprint density at radius 3 is 2.69 bits per heavy atom. The Hall–Kier alpha value is -0.210. The first-order valence-corrected chi connectivity index (χ1v) is 7.12. The smallest absolute Gasteiger partial charge is 0.0568 e. The molecule has 88 valence electrons. The summed E-state index contributed by atoms with van der Waals surface area (Å²) in [4.78, 5) is 0. The van der Waals surface area contributed by atoms with Crippen LogP contribution in [0.1, 0.15) is 32.1 Å². The summed E-state index contributed by atoms with van der Waals surface area (Å²) in [5, 5.41) is 4.25. The Bertz CT molecular complexity index is 348. The molecular formula is C13H17BrClN. The molecule has 0 amide bonds. The van der Waals surface area contributed by atoms with E-state index in [1.807, 2.05) is 12.1 Å². The van der Waals surface area contributed by atoms with Gasteiger partial charge in [-0.1, -0.05) is 30.9 Å². The summed E-state index contributed by atoms with van der Waals surface area (Å²) in [5.41, 5.74) is 1.12. The molecule has 0 spiro atoms. The molecule has 1 aliphatic rings. The molecule has 0 aliphatic heterocycles. The molecule has 0 unspecified atom stereocenters. The molecule has 16 heavy (non-hydrogen) atoms. The lowest BCUT2D eigenvalue weighted by molar-refractivity contribution is 0.373. The van der Waals surface area contributed by atoms with Gasteiger partial charge in [0, 0.05) is 16.7 Å². The second kappa shape index (κ2) is 5.92. The number of halogens is 2. The van der Waals surface area contributed by atoms with Crippen LogP contribution < -0.4 is 5.32 Å². The molecule has 0 bridgehead atoms. The van der Waals surface area contributed by atoms with Gasteiger partial charge in [-0.15, -0.1) is 0 Å². The van der Waals surface area contributed by atoms with Gasteiger partial charge >= 0.3 is 0 Å². The molecular weight excluding hydrogens is 286 g/mol. The third-order valence-electron chi connectivity index (χ3n) is 3.24. The highest BCUT2D eigenvalue weighted by atomic mass is 79.9. The lowest BCUT2D eigenvalue weighted by atomic mass is 9.89. The summed E-state index contributed by atoms with van der Waals surface area (Å²) in [5.74, 6) is 0.844. The molecule has 0 saturated heterocycles. The second-order valence-electron chi connectivity index (χ2n) is 4.51. The van der Waals surface area contributed by atoms with Crippen molar-refractivity contribution in [2.24, 2.45) is 5.92 Å². The lowest BCUT2D eigenvalue weighted by Crippen LogP contribution is -2.16. The first-order valence-electron chi connectivity index (χ1n) is 5.94. The van der Waals surface area contributed by atoms with Gasteiger partial charge < -0.3 is 5.32 Å². The topological polar surface area (TPSA) is 12.0 Å². The van der Waals surface area contributed by atoms with Crippen LogP contribution in [0.3, 0.4) is 0 Å². The van der Waals surface area contributed by atoms with Crippen LogP contribution in [-0.4, -0.2) is 6.54 Å². The van der Waals surface area contributed by atoms with E-state index < -0.39 is 0 Å². The predicted octanol–water partition coefficient (Wildman–Crippen LogP) is 5.09. The second-order valence-corrected chi connectivity index (χ2v) is 5.78. The minimum atomic E-state index is 0.772. The number of hydrogen-bond acceptors (Lipinski definition) is 1. The lowest BCUT2D eigenvalue weighted by Gasteiger charge is -2.22. The highest BCUT2D eigenvalue weighted by Gasteiger charge is 2.12. The Morgan fingerprint density at radius 1 is 1.25 bits per heavy atom. The first kappa shape index (κ1) is 12.3. The Kier molecular flexibility index (Phi) is 4.54. The number of hydrogen-bond donors (Lipinski definition) is 1. The van der Waals surface area contributed by atoms with E-state index in [2.05, 4.69) is 27.3 Å². The molecule has 1 aromatic rings. The third kappa shape index (κ3) is 3.39. The minimum absolute atomic E-state index is 0.772. The highest BCUT2D eigenvalue weighted by molar-refractivity contribution is 9.10. The molecule has 1 aromatic carbocycles. The summed E-state index contributed by atoms with van der Waals surface area (Å²) >= 11 is 9.45. The standard InChI is InChI=1S/C13H17BrClN/c14-12-7-6-11(8-13(12)15)16-9-10-4-2-1-3-5-10/h6-8,10,16H,1-5,9H2. The molecule has 1 saturated carbocycles. The fraction of sp³-hybridized carbons (Fsp3) is 0.538. The van der Waals surface area contributed by atoms with Crippen molar-refractivity contribution in [2.45, 2.75) is 32.1 Å².